The predicted octanol–water partition coefficient (Wildman–Crippen LogP) is -1.88. The third-order valence-corrected chi connectivity index (χ3v) is 4.52. The maximum atomic E-state index is 12.0. The molecule has 0 spiro atoms. The van der Waals surface area contributed by atoms with Gasteiger partial charge in [-0.1, -0.05) is 12.1 Å². The molecule has 1 fully saturated rings. The van der Waals surface area contributed by atoms with Crippen molar-refractivity contribution in [1.82, 2.24) is 5.32 Å². The van der Waals surface area contributed by atoms with E-state index in [1.54, 1.807) is 0 Å². The Bertz CT molecular complexity index is 804. The number of aliphatic hydroxyl groups is 4. The second kappa shape index (κ2) is 9.32. The van der Waals surface area contributed by atoms with Gasteiger partial charge >= 0.3 is 17.4 Å². The number of aliphatic hydroxyl groups excluding tert-OH is 4. The molecule has 13 nitrogen and oxygen atoms in total. The second-order valence-electron chi connectivity index (χ2n) is 6.71. The van der Waals surface area contributed by atoms with Crippen LogP contribution < -0.4 is 10.1 Å². The van der Waals surface area contributed by atoms with Gasteiger partial charge in [-0.2, -0.15) is 0 Å². The molecule has 1 aromatic carbocycles. The van der Waals surface area contributed by atoms with Crippen molar-refractivity contribution in [3.05, 3.63) is 34.4 Å². The van der Waals surface area contributed by atoms with Gasteiger partial charge in [-0.05, 0) is 6.07 Å². The van der Waals surface area contributed by atoms with Gasteiger partial charge < -0.3 is 40.3 Å². The van der Waals surface area contributed by atoms with E-state index in [0.29, 0.717) is 0 Å². The zero-order chi connectivity index (χ0) is 22.6. The van der Waals surface area contributed by atoms with E-state index in [2.05, 4.69) is 5.32 Å². The van der Waals surface area contributed by atoms with E-state index in [1.807, 2.05) is 0 Å². The number of amides is 1. The number of nitrogens with zero attached hydrogens (tertiary/aromatic N) is 1. The molecular weight excluding hydrogens is 408 g/mol. The van der Waals surface area contributed by atoms with Crippen LogP contribution in [0.5, 0.6) is 5.75 Å². The molecular formula is C17H22N2O11. The first-order valence-corrected chi connectivity index (χ1v) is 8.78. The van der Waals surface area contributed by atoms with Crippen molar-refractivity contribution >= 4 is 17.6 Å². The van der Waals surface area contributed by atoms with Gasteiger partial charge in [-0.3, -0.25) is 14.9 Å². The maximum Gasteiger partial charge on any atom is 0.377 e. The van der Waals surface area contributed by atoms with Crippen LogP contribution in [0.4, 0.5) is 5.69 Å². The first-order valence-electron chi connectivity index (χ1n) is 8.78. The summed E-state index contributed by atoms with van der Waals surface area (Å²) >= 11 is 0. The van der Waals surface area contributed by atoms with Crippen LogP contribution in [0.2, 0.25) is 0 Å². The van der Waals surface area contributed by atoms with Crippen LogP contribution in [0, 0.1) is 10.1 Å². The first-order chi connectivity index (χ1) is 14.0. The molecule has 166 valence electrons. The van der Waals surface area contributed by atoms with Crippen LogP contribution in [0.25, 0.3) is 0 Å². The topological polar surface area (TPSA) is 209 Å². The summed E-state index contributed by atoms with van der Waals surface area (Å²) < 4.78 is 10.7. The third kappa shape index (κ3) is 4.83. The Kier molecular flexibility index (Phi) is 7.28. The minimum Gasteiger partial charge on any atom is -0.476 e. The predicted molar refractivity (Wildman–Crippen MR) is 96.3 cm³/mol. The van der Waals surface area contributed by atoms with Gasteiger partial charge in [-0.25, -0.2) is 4.79 Å². The number of carbonyl (C=O) groups is 2. The fourth-order valence-corrected chi connectivity index (χ4v) is 3.10. The summed E-state index contributed by atoms with van der Waals surface area (Å²) in [4.78, 5) is 33.9. The van der Waals surface area contributed by atoms with E-state index < -0.39 is 77.5 Å². The molecule has 13 heteroatoms. The Hall–Kier alpha value is -2.84. The van der Waals surface area contributed by atoms with E-state index in [0.717, 1.165) is 19.1 Å². The molecule has 0 bridgehead atoms. The number of para-hydroxylation sites is 2. The quantitative estimate of drug-likeness (QED) is 0.199. The Morgan fingerprint density at radius 2 is 2.03 bits per heavy atom. The second-order valence-corrected chi connectivity index (χ2v) is 6.71. The normalized spacial score (nSPS) is 28.2. The Labute approximate surface area is 169 Å². The summed E-state index contributed by atoms with van der Waals surface area (Å²) in [6, 6.07) is 3.48. The molecule has 1 amide bonds. The fraction of sp³-hybridized carbons (Fsp3) is 0.529. The molecule has 0 radical (unpaired) electrons. The smallest absolute Gasteiger partial charge is 0.377 e. The molecule has 6 atom stereocenters. The van der Waals surface area contributed by atoms with Crippen molar-refractivity contribution in [1.29, 1.82) is 0 Å². The highest BCUT2D eigenvalue weighted by atomic mass is 16.7. The number of rotatable bonds is 8. The average Bonchev–Trinajstić information content (AvgIpc) is 2.68. The van der Waals surface area contributed by atoms with E-state index in [4.69, 9.17) is 14.6 Å². The van der Waals surface area contributed by atoms with Gasteiger partial charge in [0, 0.05) is 13.0 Å². The van der Waals surface area contributed by atoms with Gasteiger partial charge in [0.15, 0.2) is 0 Å². The highest BCUT2D eigenvalue weighted by Crippen LogP contribution is 2.37. The summed E-state index contributed by atoms with van der Waals surface area (Å²) in [6.45, 7) is 0.163. The van der Waals surface area contributed by atoms with Crippen molar-refractivity contribution in [2.45, 2.75) is 49.6 Å². The van der Waals surface area contributed by atoms with Crippen molar-refractivity contribution < 1.29 is 49.5 Å². The minimum atomic E-state index is -2.71. The van der Waals surface area contributed by atoms with Crippen LogP contribution >= 0.6 is 0 Å². The van der Waals surface area contributed by atoms with Crippen molar-refractivity contribution in [2.75, 3.05) is 6.61 Å². The maximum absolute atomic E-state index is 12.0. The minimum absolute atomic E-state index is 0.481. The van der Waals surface area contributed by atoms with Gasteiger partial charge in [-0.15, -0.1) is 0 Å². The Morgan fingerprint density at radius 3 is 2.57 bits per heavy atom. The number of carboxylic acid groups (broad SMARTS) is 1. The number of ether oxygens (including phenoxy) is 2. The molecule has 1 aliphatic rings. The number of hydrogen-bond donors (Lipinski definition) is 6. The zero-order valence-corrected chi connectivity index (χ0v) is 15.7. The van der Waals surface area contributed by atoms with Crippen LogP contribution in [0.1, 0.15) is 13.3 Å². The summed E-state index contributed by atoms with van der Waals surface area (Å²) in [5.41, 5.74) is -0.576. The monoisotopic (exact) mass is 430 g/mol. The van der Waals surface area contributed by atoms with Gasteiger partial charge in [0.25, 0.3) is 0 Å². The van der Waals surface area contributed by atoms with Crippen LogP contribution in [-0.4, -0.2) is 85.2 Å². The summed E-state index contributed by atoms with van der Waals surface area (Å²) in [6.07, 6.45) is -7.95. The molecule has 1 heterocycles. The lowest BCUT2D eigenvalue weighted by Crippen LogP contribution is -2.68. The number of aliphatic carboxylic acids is 1. The average molecular weight is 430 g/mol. The number of carboxylic acids is 1. The molecule has 30 heavy (non-hydrogen) atoms. The molecule has 2 rings (SSSR count). The lowest BCUT2D eigenvalue weighted by Gasteiger charge is -2.46. The highest BCUT2D eigenvalue weighted by molar-refractivity contribution is 5.77. The lowest BCUT2D eigenvalue weighted by molar-refractivity contribution is -0.387. The van der Waals surface area contributed by atoms with Gasteiger partial charge in [0.1, 0.15) is 18.3 Å². The zero-order valence-electron chi connectivity index (χ0n) is 15.7. The fourth-order valence-electron chi connectivity index (χ4n) is 3.10. The number of nitro groups is 1. The highest BCUT2D eigenvalue weighted by Gasteiger charge is 2.57. The Balaban J connectivity index is 2.49. The van der Waals surface area contributed by atoms with Crippen molar-refractivity contribution in [2.24, 2.45) is 0 Å². The number of hydrogen-bond acceptors (Lipinski definition) is 10. The van der Waals surface area contributed by atoms with Crippen LogP contribution in [0.3, 0.4) is 0 Å². The van der Waals surface area contributed by atoms with Gasteiger partial charge in [0.05, 0.1) is 30.1 Å². The number of nitrogens with one attached hydrogen (secondary N) is 1. The Morgan fingerprint density at radius 1 is 1.40 bits per heavy atom. The van der Waals surface area contributed by atoms with E-state index in [9.17, 15) is 40.1 Å². The molecule has 6 N–H and O–H groups in total. The largest absolute Gasteiger partial charge is 0.476 e. The lowest BCUT2D eigenvalue weighted by atomic mass is 9.88. The van der Waals surface area contributed by atoms with Crippen LogP contribution in [0.15, 0.2) is 24.3 Å². The molecule has 0 aromatic heterocycles. The summed E-state index contributed by atoms with van der Waals surface area (Å²) in [5.74, 6) is -5.62. The van der Waals surface area contributed by atoms with Crippen molar-refractivity contribution in [3.63, 3.8) is 0 Å². The molecule has 1 saturated heterocycles. The number of benzene rings is 1. The third-order valence-electron chi connectivity index (χ3n) is 4.52. The molecule has 0 saturated carbocycles. The number of carbonyl (C=O) groups excluding carboxylic acids is 1. The first kappa shape index (κ1) is 23.4. The molecule has 0 aliphatic carbocycles. The summed E-state index contributed by atoms with van der Waals surface area (Å²) in [5, 5.41) is 63.0. The molecule has 1 aromatic rings. The van der Waals surface area contributed by atoms with Crippen molar-refractivity contribution in [3.8, 4) is 5.75 Å². The van der Waals surface area contributed by atoms with Gasteiger partial charge in [0.2, 0.25) is 11.7 Å². The SMILES string of the molecule is CC(=O)N[C@H]1[C@@H]([C@@H](O)[C@@H](O)CO)O[C@@](Oc2ccccc2[N+](=O)[O-])(C(=O)O)C[C@H]1O. The van der Waals surface area contributed by atoms with E-state index in [-0.39, 0.29) is 0 Å². The van der Waals surface area contributed by atoms with E-state index in [1.165, 1.54) is 12.1 Å². The standard InChI is InChI=1S/C17H22N2O11/c1-8(21)18-13-10(22)6-17(16(25)26,30-15(13)14(24)11(23)7-20)29-12-5-3-2-4-9(12)19(27)28/h2-5,10-11,13-15,20,22-24H,6-7H2,1H3,(H,18,21)(H,25,26)/t10-,11+,13-,14+,15+,17-/m1/s1. The number of nitro benzene ring substituents is 1. The van der Waals surface area contributed by atoms with Crippen LogP contribution in [-0.2, 0) is 14.3 Å². The summed E-state index contributed by atoms with van der Waals surface area (Å²) in [7, 11) is 0. The molecule has 1 aliphatic heterocycles. The van der Waals surface area contributed by atoms with E-state index >= 15 is 0 Å². The molecule has 0 unspecified atom stereocenters.